The first-order valence-electron chi connectivity index (χ1n) is 11.3. The molecule has 0 N–H and O–H groups in total. The lowest BCUT2D eigenvalue weighted by Gasteiger charge is -2.38. The van der Waals surface area contributed by atoms with Crippen molar-refractivity contribution in [2.24, 2.45) is 0 Å². The zero-order valence-electron chi connectivity index (χ0n) is 20.9. The molecule has 10 heteroatoms. The second kappa shape index (κ2) is 9.41. The van der Waals surface area contributed by atoms with E-state index in [1.54, 1.807) is 30.3 Å². The number of aryl methyl sites for hydroxylation is 1. The van der Waals surface area contributed by atoms with E-state index in [1.807, 2.05) is 17.9 Å². The van der Waals surface area contributed by atoms with Crippen molar-refractivity contribution < 1.29 is 22.0 Å². The van der Waals surface area contributed by atoms with Gasteiger partial charge in [0, 0.05) is 12.6 Å². The van der Waals surface area contributed by atoms with Gasteiger partial charge in [0.1, 0.15) is 5.69 Å². The monoisotopic (exact) mass is 506 g/mol. The molecule has 2 aromatic carbocycles. The lowest BCUT2D eigenvalue weighted by molar-refractivity contribution is -0.384. The van der Waals surface area contributed by atoms with Crippen LogP contribution in [0.4, 0.5) is 11.4 Å². The second-order valence-electron chi connectivity index (χ2n) is 10.3. The highest BCUT2D eigenvalue weighted by Gasteiger charge is 2.44. The Balaban J connectivity index is 2.16. The summed E-state index contributed by atoms with van der Waals surface area (Å²) >= 11 is 0. The summed E-state index contributed by atoms with van der Waals surface area (Å²) in [6.07, 6.45) is 0.304. The Kier molecular flexibility index (Phi) is 7.29. The fraction of sp³-hybridized carbons (Fsp3) is 0.500. The van der Waals surface area contributed by atoms with Crippen LogP contribution in [0.25, 0.3) is 0 Å². The van der Waals surface area contributed by atoms with Crippen molar-refractivity contribution in [3.8, 4) is 0 Å². The summed E-state index contributed by atoms with van der Waals surface area (Å²) in [6.45, 7) is 13.1. The molecule has 0 spiro atoms. The van der Waals surface area contributed by atoms with Gasteiger partial charge >= 0.3 is 0 Å². The van der Waals surface area contributed by atoms with E-state index in [1.165, 1.54) is 6.07 Å². The molecule has 1 saturated heterocycles. The van der Waals surface area contributed by atoms with Crippen LogP contribution in [0.3, 0.4) is 0 Å². The minimum atomic E-state index is -3.98. The first-order valence-corrected chi connectivity index (χ1v) is 15.6. The lowest BCUT2D eigenvalue weighted by Crippen LogP contribution is -2.44. The van der Waals surface area contributed by atoms with Crippen LogP contribution >= 0.6 is 0 Å². The maximum Gasteiger partial charge on any atom is 0.297 e. The molecule has 0 aliphatic carbocycles. The number of benzene rings is 2. The fourth-order valence-electron chi connectivity index (χ4n) is 4.14. The Hall–Kier alpha value is -2.27. The van der Waals surface area contributed by atoms with Gasteiger partial charge < -0.3 is 9.33 Å². The van der Waals surface area contributed by atoms with E-state index >= 15 is 0 Å². The smallest absolute Gasteiger partial charge is 0.297 e. The SMILES string of the molecule is COS(=O)(=O)c1ccc(C)cc1[C@@H]1C[C@@H](O[Si](C)(C)C(C)(C)C)CN1c1ccccc1[N+](=O)[O-]. The summed E-state index contributed by atoms with van der Waals surface area (Å²) in [5, 5.41) is 11.8. The molecule has 1 fully saturated rings. The molecule has 0 unspecified atom stereocenters. The van der Waals surface area contributed by atoms with Gasteiger partial charge in [-0.2, -0.15) is 8.42 Å². The van der Waals surface area contributed by atoms with Gasteiger partial charge in [0.2, 0.25) is 0 Å². The minimum absolute atomic E-state index is 0.0114. The van der Waals surface area contributed by atoms with E-state index in [9.17, 15) is 18.5 Å². The molecule has 2 aromatic rings. The largest absolute Gasteiger partial charge is 0.412 e. The lowest BCUT2D eigenvalue weighted by atomic mass is 10.0. The number of hydrogen-bond donors (Lipinski definition) is 0. The third kappa shape index (κ3) is 5.19. The summed E-state index contributed by atoms with van der Waals surface area (Å²) in [7, 11) is -4.99. The molecule has 1 heterocycles. The van der Waals surface area contributed by atoms with E-state index in [-0.39, 0.29) is 21.7 Å². The number of nitrogens with zero attached hydrogens (tertiary/aromatic N) is 2. The second-order valence-corrected chi connectivity index (χ2v) is 16.7. The van der Waals surface area contributed by atoms with Crippen LogP contribution in [0.5, 0.6) is 0 Å². The van der Waals surface area contributed by atoms with Gasteiger partial charge in [-0.15, -0.1) is 0 Å². The van der Waals surface area contributed by atoms with Crippen LogP contribution in [0.1, 0.15) is 44.4 Å². The topological polar surface area (TPSA) is 99.0 Å². The molecule has 1 aliphatic rings. The maximum atomic E-state index is 12.8. The molecule has 0 saturated carbocycles. The van der Waals surface area contributed by atoms with Gasteiger partial charge in [0.05, 0.1) is 29.1 Å². The number of nitro benzene ring substituents is 1. The van der Waals surface area contributed by atoms with Crippen LogP contribution in [0.15, 0.2) is 47.4 Å². The Labute approximate surface area is 203 Å². The zero-order valence-corrected chi connectivity index (χ0v) is 22.7. The molecule has 186 valence electrons. The Morgan fingerprint density at radius 1 is 1.15 bits per heavy atom. The van der Waals surface area contributed by atoms with E-state index in [0.717, 1.165) is 12.7 Å². The molecule has 8 nitrogen and oxygen atoms in total. The van der Waals surface area contributed by atoms with Crippen molar-refractivity contribution in [3.05, 3.63) is 63.7 Å². The molecule has 34 heavy (non-hydrogen) atoms. The molecule has 2 atom stereocenters. The van der Waals surface area contributed by atoms with Crippen LogP contribution in [-0.4, -0.2) is 41.4 Å². The minimum Gasteiger partial charge on any atom is -0.412 e. The standard InChI is InChI=1S/C24H34N2O6SSi/c1-17-12-13-23(33(29,30)31-5)19(14-17)22-15-18(32-34(6,7)24(2,3)4)16-25(22)20-10-8-9-11-21(20)26(27)28/h8-14,18,22H,15-16H2,1-7H3/t18-,22+/m1/s1. The zero-order chi connectivity index (χ0) is 25.5. The van der Waals surface area contributed by atoms with Crippen molar-refractivity contribution in [1.29, 1.82) is 0 Å². The molecule has 0 bridgehead atoms. The molecule has 1 aliphatic heterocycles. The highest BCUT2D eigenvalue weighted by molar-refractivity contribution is 7.86. The molecule has 0 radical (unpaired) electrons. The highest BCUT2D eigenvalue weighted by Crippen LogP contribution is 2.45. The van der Waals surface area contributed by atoms with Gasteiger partial charge in [-0.25, -0.2) is 0 Å². The summed E-state index contributed by atoms with van der Waals surface area (Å²) in [4.78, 5) is 13.4. The summed E-state index contributed by atoms with van der Waals surface area (Å²) in [6, 6.07) is 11.2. The number of para-hydroxylation sites is 2. The molecular weight excluding hydrogens is 472 g/mol. The third-order valence-electron chi connectivity index (χ3n) is 6.93. The van der Waals surface area contributed by atoms with Crippen LogP contribution in [0.2, 0.25) is 18.1 Å². The first-order chi connectivity index (χ1) is 15.7. The van der Waals surface area contributed by atoms with E-state index in [0.29, 0.717) is 24.2 Å². The summed E-state index contributed by atoms with van der Waals surface area (Å²) in [5.74, 6) is 0. The summed E-state index contributed by atoms with van der Waals surface area (Å²) in [5.41, 5.74) is 1.87. The maximum absolute atomic E-state index is 12.8. The number of rotatable bonds is 7. The van der Waals surface area contributed by atoms with Crippen molar-refractivity contribution in [1.82, 2.24) is 0 Å². The van der Waals surface area contributed by atoms with Crippen LogP contribution in [0, 0.1) is 17.0 Å². The van der Waals surface area contributed by atoms with Gasteiger partial charge in [0.25, 0.3) is 15.8 Å². The van der Waals surface area contributed by atoms with Gasteiger partial charge in [-0.3, -0.25) is 14.3 Å². The van der Waals surface area contributed by atoms with E-state index < -0.39 is 29.4 Å². The van der Waals surface area contributed by atoms with Crippen molar-refractivity contribution in [3.63, 3.8) is 0 Å². The van der Waals surface area contributed by atoms with Crippen molar-refractivity contribution >= 4 is 29.8 Å². The Morgan fingerprint density at radius 3 is 2.38 bits per heavy atom. The quantitative estimate of drug-likeness (QED) is 0.209. The van der Waals surface area contributed by atoms with Crippen LogP contribution < -0.4 is 4.90 Å². The summed E-state index contributed by atoms with van der Waals surface area (Å²) < 4.78 is 37.1. The van der Waals surface area contributed by atoms with E-state index in [4.69, 9.17) is 8.61 Å². The average molecular weight is 507 g/mol. The average Bonchev–Trinajstić information content (AvgIpc) is 3.15. The van der Waals surface area contributed by atoms with Crippen LogP contribution in [-0.2, 0) is 18.7 Å². The normalized spacial score (nSPS) is 19.4. The van der Waals surface area contributed by atoms with Gasteiger partial charge in [-0.1, -0.05) is 50.6 Å². The number of nitro groups is 1. The predicted molar refractivity (Wildman–Crippen MR) is 135 cm³/mol. The number of hydrogen-bond acceptors (Lipinski definition) is 7. The fourth-order valence-corrected chi connectivity index (χ4v) is 6.40. The van der Waals surface area contributed by atoms with Gasteiger partial charge in [-0.05, 0) is 49.2 Å². The Morgan fingerprint density at radius 2 is 1.79 bits per heavy atom. The molecule has 3 rings (SSSR count). The van der Waals surface area contributed by atoms with Crippen molar-refractivity contribution in [2.75, 3.05) is 18.6 Å². The highest BCUT2D eigenvalue weighted by atomic mass is 32.2. The third-order valence-corrected chi connectivity index (χ3v) is 12.8. The Bertz CT molecular complexity index is 1180. The first kappa shape index (κ1) is 26.3. The van der Waals surface area contributed by atoms with E-state index in [2.05, 4.69) is 33.9 Å². The predicted octanol–water partition coefficient (Wildman–Crippen LogP) is 5.58. The molecule has 0 amide bonds. The van der Waals surface area contributed by atoms with Gasteiger partial charge in [0.15, 0.2) is 8.32 Å². The molecular formula is C24H34N2O6SSi. The number of anilines is 1. The van der Waals surface area contributed by atoms with Crippen molar-refractivity contribution in [2.45, 2.75) is 69.3 Å². The molecule has 0 aromatic heterocycles.